The number of nitrogens with one attached hydrogen (secondary N) is 1. The molecule has 0 saturated heterocycles. The van der Waals surface area contributed by atoms with E-state index in [-0.39, 0.29) is 22.9 Å². The van der Waals surface area contributed by atoms with E-state index in [1.165, 1.54) is 31.2 Å². The summed E-state index contributed by atoms with van der Waals surface area (Å²) in [6, 6.07) is 5.13. The van der Waals surface area contributed by atoms with Crippen LogP contribution in [0.2, 0.25) is 0 Å². The topological polar surface area (TPSA) is 125 Å². The predicted molar refractivity (Wildman–Crippen MR) is 80.4 cm³/mol. The van der Waals surface area contributed by atoms with Crippen molar-refractivity contribution < 1.29 is 35.6 Å². The number of hydrogen-bond donors (Lipinski definition) is 2. The molecule has 0 bridgehead atoms. The molecule has 1 amide bonds. The molecule has 12 heteroatoms. The number of hydrogen-bond acceptors (Lipinski definition) is 6. The van der Waals surface area contributed by atoms with E-state index >= 15 is 0 Å². The number of aryl methyl sites for hydroxylation is 1. The van der Waals surface area contributed by atoms with Gasteiger partial charge in [0.15, 0.2) is 5.75 Å². The molecule has 1 aromatic heterocycles. The van der Waals surface area contributed by atoms with Crippen LogP contribution in [-0.4, -0.2) is 31.6 Å². The van der Waals surface area contributed by atoms with Gasteiger partial charge >= 0.3 is 12.3 Å². The fourth-order valence-corrected chi connectivity index (χ4v) is 2.88. The molecule has 0 radical (unpaired) electrons. The number of nitrogens with zero attached hydrogens (tertiary/aromatic N) is 1. The maximum absolute atomic E-state index is 12.2. The highest BCUT2D eigenvalue weighted by Crippen LogP contribution is 2.33. The smallest absolute Gasteiger partial charge is 0.404 e. The minimum Gasteiger partial charge on any atom is -0.404 e. The zero-order valence-corrected chi connectivity index (χ0v) is 13.4. The van der Waals surface area contributed by atoms with Crippen molar-refractivity contribution in [3.8, 4) is 17.1 Å². The Morgan fingerprint density at radius 2 is 1.92 bits per heavy atom. The van der Waals surface area contributed by atoms with Gasteiger partial charge in [-0.3, -0.25) is 4.72 Å². The summed E-state index contributed by atoms with van der Waals surface area (Å²) in [5, 5.41) is 3.62. The summed E-state index contributed by atoms with van der Waals surface area (Å²) >= 11 is 0. The Bertz CT molecular complexity index is 875. The molecule has 8 nitrogen and oxygen atoms in total. The van der Waals surface area contributed by atoms with Crippen molar-refractivity contribution in [2.75, 3.05) is 10.5 Å². The van der Waals surface area contributed by atoms with Crippen molar-refractivity contribution in [2.45, 2.75) is 13.1 Å². The second-order valence-electron chi connectivity index (χ2n) is 4.90. The number of carbonyl (C=O) groups excluding carboxylic acids is 1. The lowest BCUT2D eigenvalue weighted by molar-refractivity contribution is -0.106. The molecule has 0 aliphatic heterocycles. The number of nitrogens with two attached hydrogens (primary N) is 1. The van der Waals surface area contributed by atoms with E-state index in [1.54, 1.807) is 4.72 Å². The first-order valence-electron chi connectivity index (χ1n) is 6.58. The monoisotopic (exact) mass is 379 g/mol. The predicted octanol–water partition coefficient (Wildman–Crippen LogP) is 2.41. The molecule has 0 unspecified atom stereocenters. The van der Waals surface area contributed by atoms with Crippen LogP contribution in [0.4, 0.5) is 23.7 Å². The standard InChI is InChI=1S/C13H12F3N3O5S/c1-7-10(23-12(17)20)11(24-18-7)8-2-4-9(5-3-8)19-25(21,22)6-13(14,15)16/h2-5,19H,6H2,1H3,(H2,17,20). The molecular formula is C13H12F3N3O5S. The van der Waals surface area contributed by atoms with Gasteiger partial charge in [0.05, 0.1) is 0 Å². The summed E-state index contributed by atoms with van der Waals surface area (Å²) in [6.45, 7) is 1.50. The van der Waals surface area contributed by atoms with Gasteiger partial charge in [-0.05, 0) is 31.2 Å². The van der Waals surface area contributed by atoms with Crippen LogP contribution in [0.5, 0.6) is 5.75 Å². The highest BCUT2D eigenvalue weighted by atomic mass is 32.2. The zero-order valence-electron chi connectivity index (χ0n) is 12.6. The number of carbonyl (C=O) groups is 1. The van der Waals surface area contributed by atoms with Crippen molar-refractivity contribution in [3.05, 3.63) is 30.0 Å². The third-order valence-electron chi connectivity index (χ3n) is 2.79. The summed E-state index contributed by atoms with van der Waals surface area (Å²) in [6.07, 6.45) is -5.94. The van der Waals surface area contributed by atoms with Crippen LogP contribution in [0.1, 0.15) is 5.69 Å². The number of halogens is 3. The minimum atomic E-state index is -4.86. The molecule has 0 spiro atoms. The Balaban J connectivity index is 2.23. The van der Waals surface area contributed by atoms with Gasteiger partial charge in [-0.25, -0.2) is 13.2 Å². The molecule has 0 aliphatic carbocycles. The summed E-state index contributed by atoms with van der Waals surface area (Å²) in [4.78, 5) is 10.9. The van der Waals surface area contributed by atoms with Gasteiger partial charge in [0, 0.05) is 11.3 Å². The molecule has 2 rings (SSSR count). The van der Waals surface area contributed by atoms with Crippen LogP contribution >= 0.6 is 0 Å². The molecule has 0 aliphatic rings. The Labute approximate surface area is 139 Å². The van der Waals surface area contributed by atoms with E-state index in [0.29, 0.717) is 5.56 Å². The number of ether oxygens (including phenoxy) is 1. The Kier molecular flexibility index (Phi) is 4.92. The highest BCUT2D eigenvalue weighted by molar-refractivity contribution is 7.92. The van der Waals surface area contributed by atoms with Crippen molar-refractivity contribution in [3.63, 3.8) is 0 Å². The second kappa shape index (κ2) is 6.63. The van der Waals surface area contributed by atoms with E-state index in [4.69, 9.17) is 15.0 Å². The highest BCUT2D eigenvalue weighted by Gasteiger charge is 2.35. The third kappa shape index (κ3) is 5.11. The van der Waals surface area contributed by atoms with Crippen molar-refractivity contribution in [2.24, 2.45) is 5.73 Å². The average molecular weight is 379 g/mol. The molecule has 136 valence electrons. The average Bonchev–Trinajstić information content (AvgIpc) is 2.77. The van der Waals surface area contributed by atoms with Crippen molar-refractivity contribution in [1.82, 2.24) is 5.16 Å². The van der Waals surface area contributed by atoms with Crippen molar-refractivity contribution >= 4 is 21.8 Å². The first-order valence-corrected chi connectivity index (χ1v) is 8.23. The van der Waals surface area contributed by atoms with E-state index in [1.807, 2.05) is 0 Å². The molecular weight excluding hydrogens is 367 g/mol. The third-order valence-corrected chi connectivity index (χ3v) is 4.04. The number of amides is 1. The summed E-state index contributed by atoms with van der Waals surface area (Å²) in [5.41, 5.74) is 5.46. The summed E-state index contributed by atoms with van der Waals surface area (Å²) in [7, 11) is -4.59. The molecule has 0 saturated carbocycles. The number of primary amides is 1. The Morgan fingerprint density at radius 1 is 1.32 bits per heavy atom. The van der Waals surface area contributed by atoms with Gasteiger partial charge < -0.3 is 15.0 Å². The van der Waals surface area contributed by atoms with Crippen LogP contribution in [0.3, 0.4) is 0 Å². The quantitative estimate of drug-likeness (QED) is 0.822. The Morgan fingerprint density at radius 3 is 2.44 bits per heavy atom. The lowest BCUT2D eigenvalue weighted by Crippen LogP contribution is -2.27. The molecule has 1 heterocycles. The number of rotatable bonds is 5. The van der Waals surface area contributed by atoms with E-state index in [0.717, 1.165) is 0 Å². The fourth-order valence-electron chi connectivity index (χ4n) is 1.89. The lowest BCUT2D eigenvalue weighted by Gasteiger charge is -2.10. The largest absolute Gasteiger partial charge is 0.410 e. The molecule has 0 atom stereocenters. The number of alkyl halides is 3. The van der Waals surface area contributed by atoms with Gasteiger partial charge in [-0.2, -0.15) is 13.2 Å². The first-order chi connectivity index (χ1) is 11.5. The number of benzene rings is 1. The molecule has 2 aromatic rings. The fraction of sp³-hybridized carbons (Fsp3) is 0.231. The molecule has 25 heavy (non-hydrogen) atoms. The number of sulfonamides is 1. The van der Waals surface area contributed by atoms with Crippen LogP contribution in [0.15, 0.2) is 28.8 Å². The van der Waals surface area contributed by atoms with Crippen LogP contribution in [0, 0.1) is 6.92 Å². The van der Waals surface area contributed by atoms with Crippen LogP contribution in [0.25, 0.3) is 11.3 Å². The molecule has 3 N–H and O–H groups in total. The second-order valence-corrected chi connectivity index (χ2v) is 6.62. The van der Waals surface area contributed by atoms with Gasteiger partial charge in [0.25, 0.3) is 0 Å². The van der Waals surface area contributed by atoms with E-state index in [9.17, 15) is 26.4 Å². The van der Waals surface area contributed by atoms with Gasteiger partial charge in [-0.1, -0.05) is 5.16 Å². The van der Waals surface area contributed by atoms with Crippen molar-refractivity contribution in [1.29, 1.82) is 0 Å². The molecule has 1 aromatic carbocycles. The molecule has 0 fully saturated rings. The van der Waals surface area contributed by atoms with Gasteiger partial charge in [0.1, 0.15) is 5.69 Å². The Hall–Kier alpha value is -2.76. The van der Waals surface area contributed by atoms with Crippen LogP contribution in [-0.2, 0) is 10.0 Å². The maximum atomic E-state index is 12.2. The maximum Gasteiger partial charge on any atom is 0.410 e. The SMILES string of the molecule is Cc1noc(-c2ccc(NS(=O)(=O)CC(F)(F)F)cc2)c1OC(N)=O. The minimum absolute atomic E-state index is 0.0158. The first kappa shape index (κ1) is 18.6. The van der Waals surface area contributed by atoms with E-state index < -0.39 is 28.0 Å². The number of aromatic nitrogens is 1. The lowest BCUT2D eigenvalue weighted by atomic mass is 10.1. The van der Waals surface area contributed by atoms with Gasteiger partial charge in [0.2, 0.25) is 21.5 Å². The number of anilines is 1. The van der Waals surface area contributed by atoms with Gasteiger partial charge in [-0.15, -0.1) is 0 Å². The van der Waals surface area contributed by atoms with Crippen LogP contribution < -0.4 is 15.2 Å². The summed E-state index contributed by atoms with van der Waals surface area (Å²) in [5.74, 6) is -1.96. The van der Waals surface area contributed by atoms with E-state index in [2.05, 4.69) is 5.16 Å². The summed E-state index contributed by atoms with van der Waals surface area (Å²) < 4.78 is 71.0. The zero-order chi connectivity index (χ0) is 18.8. The normalized spacial score (nSPS) is 12.0.